The van der Waals surface area contributed by atoms with Gasteiger partial charge in [-0.1, -0.05) is 24.6 Å². The first kappa shape index (κ1) is 16.8. The first-order valence-corrected chi connectivity index (χ1v) is 8.61. The van der Waals surface area contributed by atoms with Gasteiger partial charge in [-0.05, 0) is 74.5 Å². The fourth-order valence-corrected chi connectivity index (χ4v) is 3.39. The Labute approximate surface area is 132 Å². The molecule has 0 aromatic heterocycles. The molecule has 1 aromatic rings. The molecule has 1 nitrogen and oxygen atoms in total. The summed E-state index contributed by atoms with van der Waals surface area (Å²) in [6, 6.07) is 5.28. The highest BCUT2D eigenvalue weighted by atomic mass is 35.5. The maximum Gasteiger partial charge on any atom is 0.142 e. The zero-order chi connectivity index (χ0) is 15.1. The summed E-state index contributed by atoms with van der Waals surface area (Å²) in [5, 5.41) is 0.222. The zero-order valence-electron chi connectivity index (χ0n) is 12.9. The van der Waals surface area contributed by atoms with Gasteiger partial charge in [-0.3, -0.25) is 0 Å². The van der Waals surface area contributed by atoms with Crippen molar-refractivity contribution in [2.24, 2.45) is 5.92 Å². The van der Waals surface area contributed by atoms with Gasteiger partial charge in [0, 0.05) is 13.2 Å². The Morgan fingerprint density at radius 2 is 1.95 bits per heavy atom. The molecule has 0 heterocycles. The molecule has 0 unspecified atom stereocenters. The topological polar surface area (TPSA) is 9.23 Å². The second-order valence-corrected chi connectivity index (χ2v) is 6.55. The predicted molar refractivity (Wildman–Crippen MR) is 86.5 cm³/mol. The van der Waals surface area contributed by atoms with E-state index < -0.39 is 0 Å². The highest BCUT2D eigenvalue weighted by molar-refractivity contribution is 6.30. The first-order chi connectivity index (χ1) is 10.2. The van der Waals surface area contributed by atoms with Gasteiger partial charge in [-0.2, -0.15) is 0 Å². The van der Waals surface area contributed by atoms with E-state index in [2.05, 4.69) is 6.92 Å². The normalized spacial score (nSPS) is 22.4. The molecule has 1 saturated carbocycles. The molecule has 3 heteroatoms. The summed E-state index contributed by atoms with van der Waals surface area (Å²) in [7, 11) is 0. The number of halogens is 2. The highest BCUT2D eigenvalue weighted by Gasteiger charge is 2.22. The van der Waals surface area contributed by atoms with E-state index in [4.69, 9.17) is 16.3 Å². The van der Waals surface area contributed by atoms with Crippen LogP contribution in [0.25, 0.3) is 0 Å². The Morgan fingerprint density at radius 1 is 1.19 bits per heavy atom. The lowest BCUT2D eigenvalue weighted by molar-refractivity contribution is 0.124. The predicted octanol–water partition coefficient (Wildman–Crippen LogP) is 5.96. The Balaban J connectivity index is 1.71. The molecule has 0 N–H and O–H groups in total. The van der Waals surface area contributed by atoms with Gasteiger partial charge in [0.1, 0.15) is 5.82 Å². The lowest BCUT2D eigenvalue weighted by atomic mass is 9.77. The molecular weight excluding hydrogens is 287 g/mol. The van der Waals surface area contributed by atoms with Crippen molar-refractivity contribution in [3.8, 4) is 0 Å². The van der Waals surface area contributed by atoms with Gasteiger partial charge in [0.25, 0.3) is 0 Å². The highest BCUT2D eigenvalue weighted by Crippen LogP contribution is 2.38. The number of benzene rings is 1. The number of hydrogen-bond acceptors (Lipinski definition) is 1. The number of rotatable bonds is 7. The van der Waals surface area contributed by atoms with Gasteiger partial charge in [-0.25, -0.2) is 4.39 Å². The van der Waals surface area contributed by atoms with E-state index in [1.165, 1.54) is 38.5 Å². The number of ether oxygens (including phenoxy) is 1. The first-order valence-electron chi connectivity index (χ1n) is 8.23. The quantitative estimate of drug-likeness (QED) is 0.564. The second kappa shape index (κ2) is 8.75. The summed E-state index contributed by atoms with van der Waals surface area (Å²) >= 11 is 5.75. The fourth-order valence-electron chi connectivity index (χ4n) is 3.27. The van der Waals surface area contributed by atoms with Crippen LogP contribution in [0, 0.1) is 11.7 Å². The maximum atomic E-state index is 13.5. The lowest BCUT2D eigenvalue weighted by Crippen LogP contribution is -2.14. The van der Waals surface area contributed by atoms with Gasteiger partial charge < -0.3 is 4.74 Å². The van der Waals surface area contributed by atoms with Crippen LogP contribution in [0.1, 0.15) is 63.4 Å². The molecule has 0 atom stereocenters. The molecule has 1 aliphatic rings. The second-order valence-electron chi connectivity index (χ2n) is 6.15. The van der Waals surface area contributed by atoms with Crippen molar-refractivity contribution in [3.05, 3.63) is 34.6 Å². The molecule has 1 aliphatic carbocycles. The van der Waals surface area contributed by atoms with Crippen molar-refractivity contribution in [2.75, 3.05) is 13.2 Å². The molecule has 0 radical (unpaired) electrons. The van der Waals surface area contributed by atoms with Gasteiger partial charge in [0.2, 0.25) is 0 Å². The summed E-state index contributed by atoms with van der Waals surface area (Å²) in [6.45, 7) is 3.92. The van der Waals surface area contributed by atoms with E-state index in [1.807, 2.05) is 6.07 Å². The SMILES string of the molecule is CCCOCCCC1CCC(c2ccc(Cl)c(F)c2)CC1. The van der Waals surface area contributed by atoms with E-state index in [1.54, 1.807) is 12.1 Å². The molecule has 1 fully saturated rings. The summed E-state index contributed by atoms with van der Waals surface area (Å²) in [5.74, 6) is 1.04. The van der Waals surface area contributed by atoms with Crippen LogP contribution in [0.15, 0.2) is 18.2 Å². The third-order valence-electron chi connectivity index (χ3n) is 4.51. The Kier molecular flexibility index (Phi) is 6.98. The Bertz CT molecular complexity index is 427. The minimum Gasteiger partial charge on any atom is -0.381 e. The molecule has 118 valence electrons. The maximum absolute atomic E-state index is 13.5. The standard InChI is InChI=1S/C18H26ClFO/c1-2-11-21-12-3-4-14-5-7-15(8-6-14)16-9-10-17(19)18(20)13-16/h9-10,13-15H,2-8,11-12H2,1H3. The van der Waals surface area contributed by atoms with Gasteiger partial charge in [0.15, 0.2) is 0 Å². The van der Waals surface area contributed by atoms with Gasteiger partial charge >= 0.3 is 0 Å². The average molecular weight is 313 g/mol. The Hall–Kier alpha value is -0.600. The fraction of sp³-hybridized carbons (Fsp3) is 0.667. The molecule has 0 saturated heterocycles. The van der Waals surface area contributed by atoms with Gasteiger partial charge in [0.05, 0.1) is 5.02 Å². The van der Waals surface area contributed by atoms with Crippen LogP contribution < -0.4 is 0 Å². The van der Waals surface area contributed by atoms with Crippen LogP contribution >= 0.6 is 11.6 Å². The molecule has 1 aromatic carbocycles. The summed E-state index contributed by atoms with van der Waals surface area (Å²) in [6.07, 6.45) is 8.38. The van der Waals surface area contributed by atoms with Crippen molar-refractivity contribution in [1.29, 1.82) is 0 Å². The molecule has 0 aliphatic heterocycles. The van der Waals surface area contributed by atoms with Crippen LogP contribution in [0.5, 0.6) is 0 Å². The molecular formula is C18H26ClFO. The van der Waals surface area contributed by atoms with E-state index in [0.29, 0.717) is 5.92 Å². The third kappa shape index (κ3) is 5.27. The van der Waals surface area contributed by atoms with Crippen LogP contribution in [0.2, 0.25) is 5.02 Å². The summed E-state index contributed by atoms with van der Waals surface area (Å²) in [5.41, 5.74) is 1.11. The smallest absolute Gasteiger partial charge is 0.142 e. The van der Waals surface area contributed by atoms with Crippen molar-refractivity contribution >= 4 is 11.6 Å². The molecule has 0 amide bonds. The largest absolute Gasteiger partial charge is 0.381 e. The average Bonchev–Trinajstić information content (AvgIpc) is 2.50. The van der Waals surface area contributed by atoms with Crippen molar-refractivity contribution in [1.82, 2.24) is 0 Å². The monoisotopic (exact) mass is 312 g/mol. The van der Waals surface area contributed by atoms with E-state index in [-0.39, 0.29) is 10.8 Å². The minimum absolute atomic E-state index is 0.222. The molecule has 0 bridgehead atoms. The van der Waals surface area contributed by atoms with Crippen LogP contribution in [0.3, 0.4) is 0 Å². The number of hydrogen-bond donors (Lipinski definition) is 0. The molecule has 2 rings (SSSR count). The summed E-state index contributed by atoms with van der Waals surface area (Å²) in [4.78, 5) is 0. The van der Waals surface area contributed by atoms with Crippen molar-refractivity contribution < 1.29 is 9.13 Å². The van der Waals surface area contributed by atoms with Crippen LogP contribution in [-0.4, -0.2) is 13.2 Å². The van der Waals surface area contributed by atoms with Crippen molar-refractivity contribution in [3.63, 3.8) is 0 Å². The zero-order valence-corrected chi connectivity index (χ0v) is 13.7. The molecule has 21 heavy (non-hydrogen) atoms. The van der Waals surface area contributed by atoms with Crippen LogP contribution in [0.4, 0.5) is 4.39 Å². The third-order valence-corrected chi connectivity index (χ3v) is 4.82. The van der Waals surface area contributed by atoms with Gasteiger partial charge in [-0.15, -0.1) is 0 Å². The minimum atomic E-state index is -0.288. The van der Waals surface area contributed by atoms with Crippen molar-refractivity contribution in [2.45, 2.75) is 57.8 Å². The van der Waals surface area contributed by atoms with E-state index in [0.717, 1.165) is 31.1 Å². The van der Waals surface area contributed by atoms with E-state index >= 15 is 0 Å². The molecule has 0 spiro atoms. The summed E-state index contributed by atoms with van der Waals surface area (Å²) < 4.78 is 19.1. The van der Waals surface area contributed by atoms with E-state index in [9.17, 15) is 4.39 Å². The van der Waals surface area contributed by atoms with Crippen LogP contribution in [-0.2, 0) is 4.74 Å². The lowest BCUT2D eigenvalue weighted by Gasteiger charge is -2.29. The Morgan fingerprint density at radius 3 is 2.62 bits per heavy atom.